The van der Waals surface area contributed by atoms with E-state index in [9.17, 15) is 4.79 Å². The Kier molecular flexibility index (Phi) is 4.29. The van der Waals surface area contributed by atoms with Crippen LogP contribution in [0.4, 0.5) is 0 Å². The highest BCUT2D eigenvalue weighted by molar-refractivity contribution is 5.93. The third kappa shape index (κ3) is 2.84. The zero-order valence-corrected chi connectivity index (χ0v) is 14.9. The summed E-state index contributed by atoms with van der Waals surface area (Å²) in [4.78, 5) is 17.6. The molecule has 2 fully saturated rings. The molecule has 0 N–H and O–H groups in total. The van der Waals surface area contributed by atoms with Gasteiger partial charge in [-0.3, -0.25) is 4.79 Å². The van der Waals surface area contributed by atoms with Crippen LogP contribution in [0.25, 0.3) is 5.69 Å². The van der Waals surface area contributed by atoms with Crippen molar-refractivity contribution in [3.05, 3.63) is 41.7 Å². The van der Waals surface area contributed by atoms with Crippen molar-refractivity contribution >= 4 is 5.91 Å². The second-order valence-electron chi connectivity index (χ2n) is 7.17. The summed E-state index contributed by atoms with van der Waals surface area (Å²) >= 11 is 0. The lowest BCUT2D eigenvalue weighted by molar-refractivity contribution is 0.0657. The summed E-state index contributed by atoms with van der Waals surface area (Å²) in [5, 5.41) is 8.45. The molecule has 2 aliphatic rings. The third-order valence-electron chi connectivity index (χ3n) is 5.68. The van der Waals surface area contributed by atoms with Gasteiger partial charge in [0.25, 0.3) is 5.91 Å². The molecule has 2 aromatic rings. The molecular formula is C19H25N5O. The lowest BCUT2D eigenvalue weighted by Crippen LogP contribution is -2.47. The lowest BCUT2D eigenvalue weighted by atomic mass is 10.0. The van der Waals surface area contributed by atoms with E-state index in [1.54, 1.807) is 4.68 Å². The van der Waals surface area contributed by atoms with Crippen molar-refractivity contribution in [1.82, 2.24) is 24.8 Å². The molecular weight excluding hydrogens is 314 g/mol. The van der Waals surface area contributed by atoms with Gasteiger partial charge in [-0.15, -0.1) is 5.10 Å². The fourth-order valence-electron chi connectivity index (χ4n) is 4.34. The first kappa shape index (κ1) is 16.3. The zero-order chi connectivity index (χ0) is 17.4. The van der Waals surface area contributed by atoms with E-state index in [0.29, 0.717) is 17.8 Å². The first-order valence-electron chi connectivity index (χ1n) is 9.16. The van der Waals surface area contributed by atoms with Crippen molar-refractivity contribution in [3.8, 4) is 5.69 Å². The van der Waals surface area contributed by atoms with Crippen LogP contribution in [-0.2, 0) is 0 Å². The van der Waals surface area contributed by atoms with E-state index < -0.39 is 0 Å². The van der Waals surface area contributed by atoms with Crippen LogP contribution in [-0.4, -0.2) is 62.9 Å². The number of likely N-dealkylation sites (tertiary alicyclic amines) is 2. The minimum absolute atomic E-state index is 0.0301. The average molecular weight is 339 g/mol. The number of hydrogen-bond donors (Lipinski definition) is 0. The molecule has 25 heavy (non-hydrogen) atoms. The van der Waals surface area contributed by atoms with E-state index in [-0.39, 0.29) is 5.91 Å². The maximum atomic E-state index is 13.2. The first-order chi connectivity index (χ1) is 12.2. The van der Waals surface area contributed by atoms with Gasteiger partial charge in [-0.05, 0) is 58.3 Å². The Labute approximate surface area is 148 Å². The molecule has 3 heterocycles. The van der Waals surface area contributed by atoms with Gasteiger partial charge in [0.1, 0.15) is 0 Å². The molecule has 2 aliphatic heterocycles. The quantitative estimate of drug-likeness (QED) is 0.861. The number of carbonyl (C=O) groups excluding carboxylic acids is 1. The molecule has 0 radical (unpaired) electrons. The number of aromatic nitrogens is 3. The predicted molar refractivity (Wildman–Crippen MR) is 95.8 cm³/mol. The van der Waals surface area contributed by atoms with Gasteiger partial charge >= 0.3 is 0 Å². The molecule has 1 aromatic carbocycles. The Morgan fingerprint density at radius 1 is 1.08 bits per heavy atom. The van der Waals surface area contributed by atoms with Crippen LogP contribution in [0, 0.1) is 6.92 Å². The Morgan fingerprint density at radius 3 is 2.52 bits per heavy atom. The van der Waals surface area contributed by atoms with Gasteiger partial charge < -0.3 is 9.80 Å². The normalized spacial score (nSPS) is 24.2. The number of carbonyl (C=O) groups is 1. The Morgan fingerprint density at radius 2 is 1.80 bits per heavy atom. The summed E-state index contributed by atoms with van der Waals surface area (Å²) in [5.41, 5.74) is 2.22. The number of hydrogen-bond acceptors (Lipinski definition) is 4. The summed E-state index contributed by atoms with van der Waals surface area (Å²) in [6.45, 7) is 3.88. The lowest BCUT2D eigenvalue weighted by Gasteiger charge is -2.32. The maximum absolute atomic E-state index is 13.2. The van der Waals surface area contributed by atoms with Crippen LogP contribution in [0.15, 0.2) is 30.3 Å². The van der Waals surface area contributed by atoms with Crippen molar-refractivity contribution in [2.45, 2.75) is 44.7 Å². The number of amides is 1. The molecule has 0 aliphatic carbocycles. The standard InChI is InChI=1S/C19H25N5O/c1-14-18(20-21-24(14)15-8-4-3-5-9-15)19(25)23-13-7-11-17(23)16-10-6-12-22(16)2/h3-5,8-9,16-17H,6-7,10-13H2,1-2H3/t16-,17+/m0/s1. The van der Waals surface area contributed by atoms with Crippen molar-refractivity contribution in [3.63, 3.8) is 0 Å². The molecule has 0 unspecified atom stereocenters. The second kappa shape index (κ2) is 6.59. The van der Waals surface area contributed by atoms with Gasteiger partial charge in [0, 0.05) is 18.6 Å². The Bertz CT molecular complexity index is 756. The number of para-hydroxylation sites is 1. The molecule has 4 rings (SSSR count). The molecule has 0 spiro atoms. The molecule has 6 nitrogen and oxygen atoms in total. The van der Waals surface area contributed by atoms with Gasteiger partial charge in [0.15, 0.2) is 5.69 Å². The number of rotatable bonds is 3. The minimum atomic E-state index is 0.0301. The van der Waals surface area contributed by atoms with E-state index in [1.807, 2.05) is 42.2 Å². The Hall–Kier alpha value is -2.21. The fourth-order valence-corrected chi connectivity index (χ4v) is 4.34. The maximum Gasteiger partial charge on any atom is 0.276 e. The minimum Gasteiger partial charge on any atom is -0.333 e. The van der Waals surface area contributed by atoms with E-state index in [0.717, 1.165) is 37.3 Å². The third-order valence-corrected chi connectivity index (χ3v) is 5.68. The molecule has 6 heteroatoms. The SMILES string of the molecule is Cc1c(C(=O)N2CCC[C@@H]2[C@@H]2CCCN2C)nnn1-c1ccccc1. The summed E-state index contributed by atoms with van der Waals surface area (Å²) in [6, 6.07) is 10.6. The Balaban J connectivity index is 1.60. The first-order valence-corrected chi connectivity index (χ1v) is 9.16. The van der Waals surface area contributed by atoms with Crippen molar-refractivity contribution in [1.29, 1.82) is 0 Å². The second-order valence-corrected chi connectivity index (χ2v) is 7.17. The van der Waals surface area contributed by atoms with Crippen LogP contribution in [0.3, 0.4) is 0 Å². The number of benzene rings is 1. The smallest absolute Gasteiger partial charge is 0.276 e. The number of likely N-dealkylation sites (N-methyl/N-ethyl adjacent to an activating group) is 1. The van der Waals surface area contributed by atoms with Gasteiger partial charge in [-0.2, -0.15) is 0 Å². The highest BCUT2D eigenvalue weighted by atomic mass is 16.2. The zero-order valence-electron chi connectivity index (χ0n) is 14.9. The molecule has 0 bridgehead atoms. The molecule has 2 atom stereocenters. The topological polar surface area (TPSA) is 54.3 Å². The van der Waals surface area contributed by atoms with Gasteiger partial charge in [0.2, 0.25) is 0 Å². The average Bonchev–Trinajstić information content (AvgIpc) is 3.34. The van der Waals surface area contributed by atoms with Gasteiger partial charge in [-0.25, -0.2) is 4.68 Å². The van der Waals surface area contributed by atoms with Crippen molar-refractivity contribution in [2.75, 3.05) is 20.1 Å². The molecule has 1 amide bonds. The van der Waals surface area contributed by atoms with Crippen LogP contribution in [0.2, 0.25) is 0 Å². The highest BCUT2D eigenvalue weighted by Crippen LogP contribution is 2.30. The summed E-state index contributed by atoms with van der Waals surface area (Å²) in [7, 11) is 2.18. The molecule has 2 saturated heterocycles. The van der Waals surface area contributed by atoms with Crippen LogP contribution in [0.5, 0.6) is 0 Å². The van der Waals surface area contributed by atoms with E-state index in [4.69, 9.17) is 0 Å². The van der Waals surface area contributed by atoms with Crippen LogP contribution >= 0.6 is 0 Å². The van der Waals surface area contributed by atoms with E-state index >= 15 is 0 Å². The summed E-state index contributed by atoms with van der Waals surface area (Å²) in [6.07, 6.45) is 4.57. The summed E-state index contributed by atoms with van der Waals surface area (Å²) < 4.78 is 1.75. The molecule has 1 aromatic heterocycles. The monoisotopic (exact) mass is 339 g/mol. The largest absolute Gasteiger partial charge is 0.333 e. The van der Waals surface area contributed by atoms with Crippen LogP contribution < -0.4 is 0 Å². The van der Waals surface area contributed by atoms with Crippen molar-refractivity contribution < 1.29 is 4.79 Å². The van der Waals surface area contributed by atoms with Crippen molar-refractivity contribution in [2.24, 2.45) is 0 Å². The molecule has 132 valence electrons. The van der Waals surface area contributed by atoms with E-state index in [2.05, 4.69) is 22.3 Å². The molecule has 0 saturated carbocycles. The summed E-state index contributed by atoms with van der Waals surface area (Å²) in [5.74, 6) is 0.0301. The van der Waals surface area contributed by atoms with E-state index in [1.165, 1.54) is 12.8 Å². The van der Waals surface area contributed by atoms with Gasteiger partial charge in [-0.1, -0.05) is 23.4 Å². The number of nitrogens with zero attached hydrogens (tertiary/aromatic N) is 5. The van der Waals surface area contributed by atoms with Gasteiger partial charge in [0.05, 0.1) is 11.4 Å². The van der Waals surface area contributed by atoms with Crippen LogP contribution in [0.1, 0.15) is 41.9 Å². The predicted octanol–water partition coefficient (Wildman–Crippen LogP) is 2.27. The fraction of sp³-hybridized carbons (Fsp3) is 0.526. The highest BCUT2D eigenvalue weighted by Gasteiger charge is 2.39.